The van der Waals surface area contributed by atoms with Gasteiger partial charge >= 0.3 is 5.97 Å². The number of hydrogen-bond donors (Lipinski definition) is 1. The Balaban J connectivity index is 1.92. The van der Waals surface area contributed by atoms with E-state index in [1.54, 1.807) is 24.3 Å². The van der Waals surface area contributed by atoms with Crippen LogP contribution < -0.4 is 10.3 Å². The number of methoxy groups -OCH3 is 1. The number of anilines is 1. The molecular weight excluding hydrogens is 370 g/mol. The van der Waals surface area contributed by atoms with Gasteiger partial charge in [-0.15, -0.1) is 0 Å². The van der Waals surface area contributed by atoms with Gasteiger partial charge in [0.2, 0.25) is 5.91 Å². The maximum absolute atomic E-state index is 13.7. The normalized spacial score (nSPS) is 23.0. The molecule has 0 saturated carbocycles. The van der Waals surface area contributed by atoms with Gasteiger partial charge in [0.25, 0.3) is 5.91 Å². The summed E-state index contributed by atoms with van der Waals surface area (Å²) in [7, 11) is 1.22. The van der Waals surface area contributed by atoms with Crippen molar-refractivity contribution in [3.8, 4) is 0 Å². The van der Waals surface area contributed by atoms with Gasteiger partial charge in [-0.1, -0.05) is 42.0 Å². The van der Waals surface area contributed by atoms with E-state index in [0.717, 1.165) is 21.6 Å². The summed E-state index contributed by atoms with van der Waals surface area (Å²) in [5.74, 6) is -2.81. The number of carbonyl (C=O) groups is 3. The first-order valence-corrected chi connectivity index (χ1v) is 9.27. The Morgan fingerprint density at radius 3 is 2.45 bits per heavy atom. The molecule has 1 fully saturated rings. The minimum absolute atomic E-state index is 0.0979. The highest BCUT2D eigenvalue weighted by molar-refractivity contribution is 6.47. The monoisotopic (exact) mass is 391 g/mol. The number of nitrogens with one attached hydrogen (secondary N) is 1. The summed E-state index contributed by atoms with van der Waals surface area (Å²) in [6, 6.07) is 12.7. The van der Waals surface area contributed by atoms with Gasteiger partial charge < -0.3 is 4.74 Å². The largest absolute Gasteiger partial charge is 0.464 e. The quantitative estimate of drug-likeness (QED) is 0.640. The third-order valence-electron chi connectivity index (χ3n) is 5.79. The highest BCUT2D eigenvalue weighted by Gasteiger charge is 2.67. The molecule has 7 nitrogen and oxygen atoms in total. The Kier molecular flexibility index (Phi) is 4.26. The lowest BCUT2D eigenvalue weighted by molar-refractivity contribution is -0.133. The number of benzene rings is 2. The van der Waals surface area contributed by atoms with Gasteiger partial charge in [0.15, 0.2) is 11.3 Å². The number of amides is 2. The van der Waals surface area contributed by atoms with E-state index in [1.807, 2.05) is 39.0 Å². The van der Waals surface area contributed by atoms with Crippen molar-refractivity contribution in [3.05, 3.63) is 64.7 Å². The number of hydrazone groups is 1. The van der Waals surface area contributed by atoms with Gasteiger partial charge in [0.1, 0.15) is 5.92 Å². The first-order chi connectivity index (χ1) is 13.8. The van der Waals surface area contributed by atoms with Gasteiger partial charge in [-0.3, -0.25) is 15.0 Å². The molecule has 29 heavy (non-hydrogen) atoms. The Bertz CT molecular complexity index is 1070. The number of ether oxygens (including phenoxy) is 1. The van der Waals surface area contributed by atoms with Crippen LogP contribution in [0.5, 0.6) is 0 Å². The standard InChI is InChI=1S/C22H21N3O4/c1-12-8-10-15(11-9-12)22-17(18(23-24-22)20(27)29-4)19(26)25(21(22)28)16-7-5-6-13(2)14(16)3/h5-11,17,24H,1-4H3/t17-,22-/m0/s1. The van der Waals surface area contributed by atoms with Gasteiger partial charge in [-0.05, 0) is 43.5 Å². The second-order valence-corrected chi connectivity index (χ2v) is 7.41. The van der Waals surface area contributed by atoms with Crippen LogP contribution in [0, 0.1) is 26.7 Å². The number of nitrogens with zero attached hydrogens (tertiary/aromatic N) is 2. The Morgan fingerprint density at radius 2 is 1.79 bits per heavy atom. The van der Waals surface area contributed by atoms with Crippen molar-refractivity contribution >= 4 is 29.2 Å². The van der Waals surface area contributed by atoms with Crippen molar-refractivity contribution in [2.45, 2.75) is 26.3 Å². The highest BCUT2D eigenvalue weighted by atomic mass is 16.5. The van der Waals surface area contributed by atoms with E-state index < -0.39 is 29.2 Å². The number of carbonyl (C=O) groups excluding carboxylic acids is 3. The predicted molar refractivity (Wildman–Crippen MR) is 107 cm³/mol. The van der Waals surface area contributed by atoms with Crippen LogP contribution in [0.1, 0.15) is 22.3 Å². The van der Waals surface area contributed by atoms with E-state index in [2.05, 4.69) is 10.5 Å². The van der Waals surface area contributed by atoms with Gasteiger partial charge in [-0.2, -0.15) is 5.10 Å². The average Bonchev–Trinajstić information content (AvgIpc) is 3.21. The van der Waals surface area contributed by atoms with Crippen molar-refractivity contribution < 1.29 is 19.1 Å². The molecule has 0 bridgehead atoms. The molecule has 2 aliphatic heterocycles. The maximum Gasteiger partial charge on any atom is 0.355 e. The summed E-state index contributed by atoms with van der Waals surface area (Å²) in [5, 5.41) is 4.05. The molecule has 0 spiro atoms. The van der Waals surface area contributed by atoms with Crippen molar-refractivity contribution in [1.29, 1.82) is 0 Å². The molecule has 0 aromatic heterocycles. The summed E-state index contributed by atoms with van der Waals surface area (Å²) < 4.78 is 4.82. The third kappa shape index (κ3) is 2.50. The first-order valence-electron chi connectivity index (χ1n) is 9.27. The Morgan fingerprint density at radius 1 is 1.10 bits per heavy atom. The topological polar surface area (TPSA) is 88.1 Å². The predicted octanol–water partition coefficient (Wildman–Crippen LogP) is 2.13. The van der Waals surface area contributed by atoms with Crippen LogP contribution in [0.25, 0.3) is 0 Å². The molecule has 0 unspecified atom stereocenters. The Hall–Kier alpha value is -3.48. The molecule has 2 aliphatic rings. The fraction of sp³-hybridized carbons (Fsp3) is 0.273. The average molecular weight is 391 g/mol. The van der Waals surface area contributed by atoms with E-state index in [0.29, 0.717) is 11.3 Å². The molecule has 0 radical (unpaired) electrons. The smallest absolute Gasteiger partial charge is 0.355 e. The molecule has 2 aromatic carbocycles. The van der Waals surface area contributed by atoms with Crippen molar-refractivity contribution in [3.63, 3.8) is 0 Å². The lowest BCUT2D eigenvalue weighted by Gasteiger charge is -2.27. The van der Waals surface area contributed by atoms with E-state index in [9.17, 15) is 14.4 Å². The highest BCUT2D eigenvalue weighted by Crippen LogP contribution is 2.45. The van der Waals surface area contributed by atoms with Crippen LogP contribution in [0.4, 0.5) is 5.69 Å². The SMILES string of the molecule is COC(=O)C1=NN[C@]2(c3ccc(C)cc3)C(=O)N(c3cccc(C)c3C)C(=O)[C@H]12. The molecule has 1 N–H and O–H groups in total. The molecule has 2 amide bonds. The third-order valence-corrected chi connectivity index (χ3v) is 5.79. The molecule has 4 rings (SSSR count). The van der Waals surface area contributed by atoms with Crippen LogP contribution >= 0.6 is 0 Å². The molecule has 2 aromatic rings. The second-order valence-electron chi connectivity index (χ2n) is 7.41. The summed E-state index contributed by atoms with van der Waals surface area (Å²) in [6.07, 6.45) is 0. The van der Waals surface area contributed by atoms with Crippen LogP contribution in [0.2, 0.25) is 0 Å². The first kappa shape index (κ1) is 18.9. The lowest BCUT2D eigenvalue weighted by atomic mass is 9.78. The fourth-order valence-electron chi connectivity index (χ4n) is 4.01. The molecular formula is C22H21N3O4. The number of fused-ring (bicyclic) bond motifs is 1. The zero-order valence-electron chi connectivity index (χ0n) is 16.6. The summed E-state index contributed by atoms with van der Waals surface area (Å²) in [6.45, 7) is 5.71. The molecule has 7 heteroatoms. The minimum atomic E-state index is -1.48. The minimum Gasteiger partial charge on any atom is -0.464 e. The van der Waals surface area contributed by atoms with Gasteiger partial charge in [-0.25, -0.2) is 9.69 Å². The fourth-order valence-corrected chi connectivity index (χ4v) is 4.01. The van der Waals surface area contributed by atoms with E-state index in [4.69, 9.17) is 4.74 Å². The van der Waals surface area contributed by atoms with E-state index in [1.165, 1.54) is 7.11 Å². The van der Waals surface area contributed by atoms with Crippen LogP contribution in [0.3, 0.4) is 0 Å². The van der Waals surface area contributed by atoms with Crippen molar-refractivity contribution in [1.82, 2.24) is 5.43 Å². The summed E-state index contributed by atoms with van der Waals surface area (Å²) in [5.41, 5.74) is 5.11. The molecule has 1 saturated heterocycles. The molecule has 2 heterocycles. The van der Waals surface area contributed by atoms with Crippen molar-refractivity contribution in [2.24, 2.45) is 11.0 Å². The zero-order chi connectivity index (χ0) is 20.9. The number of imide groups is 1. The lowest BCUT2D eigenvalue weighted by Crippen LogP contribution is -2.48. The number of esters is 1. The molecule has 148 valence electrons. The molecule has 0 aliphatic carbocycles. The van der Waals surface area contributed by atoms with Crippen LogP contribution in [-0.4, -0.2) is 30.6 Å². The van der Waals surface area contributed by atoms with Crippen LogP contribution in [0.15, 0.2) is 47.6 Å². The van der Waals surface area contributed by atoms with E-state index in [-0.39, 0.29) is 5.71 Å². The van der Waals surface area contributed by atoms with Gasteiger partial charge in [0.05, 0.1) is 12.8 Å². The number of rotatable bonds is 3. The zero-order valence-corrected chi connectivity index (χ0v) is 16.6. The summed E-state index contributed by atoms with van der Waals surface area (Å²) >= 11 is 0. The van der Waals surface area contributed by atoms with E-state index >= 15 is 0 Å². The second kappa shape index (κ2) is 6.55. The Labute approximate surface area is 168 Å². The maximum atomic E-state index is 13.7. The van der Waals surface area contributed by atoms with Crippen molar-refractivity contribution in [2.75, 3.05) is 12.0 Å². The number of aryl methyl sites for hydroxylation is 2. The summed E-state index contributed by atoms with van der Waals surface area (Å²) in [4.78, 5) is 40.7. The molecule has 2 atom stereocenters. The number of hydrogen-bond acceptors (Lipinski definition) is 6. The van der Waals surface area contributed by atoms with Gasteiger partial charge in [0, 0.05) is 0 Å². The van der Waals surface area contributed by atoms with Crippen LogP contribution in [-0.2, 0) is 24.7 Å².